The molecular formula is C18H22N6S. The van der Waals surface area contributed by atoms with Gasteiger partial charge in [0.15, 0.2) is 5.13 Å². The van der Waals surface area contributed by atoms with Crippen molar-refractivity contribution in [1.82, 2.24) is 24.8 Å². The molecule has 130 valence electrons. The highest BCUT2D eigenvalue weighted by Crippen LogP contribution is 2.30. The number of likely N-dealkylation sites (tertiary alicyclic amines) is 1. The second kappa shape index (κ2) is 7.33. The van der Waals surface area contributed by atoms with Crippen LogP contribution >= 0.6 is 11.3 Å². The number of nitrogens with zero attached hydrogens (tertiary/aromatic N) is 4. The zero-order valence-corrected chi connectivity index (χ0v) is 15.1. The van der Waals surface area contributed by atoms with Crippen LogP contribution in [-0.2, 0) is 6.54 Å². The molecule has 0 bridgehead atoms. The SMILES string of the molecule is Cc1ccc(Nc2nc([C@@H]3CCCN(Cc4ncc[nH]4)C3)cs2)nc1. The number of anilines is 2. The van der Waals surface area contributed by atoms with Crippen LogP contribution < -0.4 is 5.32 Å². The fraction of sp³-hybridized carbons (Fsp3) is 0.389. The van der Waals surface area contributed by atoms with E-state index in [9.17, 15) is 0 Å². The summed E-state index contributed by atoms with van der Waals surface area (Å²) in [5, 5.41) is 6.40. The van der Waals surface area contributed by atoms with Gasteiger partial charge in [-0.2, -0.15) is 0 Å². The van der Waals surface area contributed by atoms with Gasteiger partial charge in [0.05, 0.1) is 12.2 Å². The van der Waals surface area contributed by atoms with Crippen molar-refractivity contribution in [3.05, 3.63) is 53.2 Å². The third-order valence-electron chi connectivity index (χ3n) is 4.52. The molecule has 2 N–H and O–H groups in total. The molecule has 3 aromatic rings. The van der Waals surface area contributed by atoms with Crippen LogP contribution in [0, 0.1) is 6.92 Å². The van der Waals surface area contributed by atoms with E-state index in [4.69, 9.17) is 4.98 Å². The molecule has 0 spiro atoms. The fourth-order valence-electron chi connectivity index (χ4n) is 3.22. The van der Waals surface area contributed by atoms with E-state index in [1.54, 1.807) is 11.3 Å². The molecule has 0 aromatic carbocycles. The molecule has 1 fully saturated rings. The van der Waals surface area contributed by atoms with Crippen molar-refractivity contribution in [2.45, 2.75) is 32.2 Å². The zero-order chi connectivity index (χ0) is 17.1. The lowest BCUT2D eigenvalue weighted by atomic mass is 9.95. The molecule has 1 aliphatic rings. The first-order valence-electron chi connectivity index (χ1n) is 8.62. The Bertz CT molecular complexity index is 795. The van der Waals surface area contributed by atoms with Crippen molar-refractivity contribution >= 4 is 22.3 Å². The minimum atomic E-state index is 0.487. The average molecular weight is 354 g/mol. The lowest BCUT2D eigenvalue weighted by Crippen LogP contribution is -2.34. The minimum Gasteiger partial charge on any atom is -0.348 e. The number of thiazole rings is 1. The van der Waals surface area contributed by atoms with E-state index >= 15 is 0 Å². The lowest BCUT2D eigenvalue weighted by Gasteiger charge is -2.31. The Morgan fingerprint density at radius 2 is 2.32 bits per heavy atom. The Morgan fingerprint density at radius 1 is 1.36 bits per heavy atom. The number of hydrogen-bond donors (Lipinski definition) is 2. The second-order valence-electron chi connectivity index (χ2n) is 6.53. The normalized spacial score (nSPS) is 18.4. The molecule has 25 heavy (non-hydrogen) atoms. The summed E-state index contributed by atoms with van der Waals surface area (Å²) in [6.07, 6.45) is 7.96. The van der Waals surface area contributed by atoms with Crippen molar-refractivity contribution in [1.29, 1.82) is 0 Å². The van der Waals surface area contributed by atoms with Crippen LogP contribution in [0.25, 0.3) is 0 Å². The lowest BCUT2D eigenvalue weighted by molar-refractivity contribution is 0.195. The number of aromatic nitrogens is 4. The minimum absolute atomic E-state index is 0.487. The van der Waals surface area contributed by atoms with Gasteiger partial charge in [-0.05, 0) is 37.9 Å². The molecule has 0 amide bonds. The summed E-state index contributed by atoms with van der Waals surface area (Å²) in [6, 6.07) is 4.04. The van der Waals surface area contributed by atoms with Crippen LogP contribution in [0.3, 0.4) is 0 Å². The molecule has 7 heteroatoms. The average Bonchev–Trinajstić information content (AvgIpc) is 3.29. The zero-order valence-electron chi connectivity index (χ0n) is 14.3. The van der Waals surface area contributed by atoms with Crippen molar-refractivity contribution in [2.75, 3.05) is 18.4 Å². The number of aromatic amines is 1. The summed E-state index contributed by atoms with van der Waals surface area (Å²) in [7, 11) is 0. The van der Waals surface area contributed by atoms with E-state index in [0.717, 1.165) is 42.0 Å². The van der Waals surface area contributed by atoms with Crippen molar-refractivity contribution in [3.8, 4) is 0 Å². The summed E-state index contributed by atoms with van der Waals surface area (Å²) < 4.78 is 0. The molecular weight excluding hydrogens is 332 g/mol. The van der Waals surface area contributed by atoms with Gasteiger partial charge in [-0.3, -0.25) is 4.90 Å². The number of aryl methyl sites for hydroxylation is 1. The van der Waals surface area contributed by atoms with Gasteiger partial charge in [-0.25, -0.2) is 15.0 Å². The Hall–Kier alpha value is -2.25. The van der Waals surface area contributed by atoms with Gasteiger partial charge >= 0.3 is 0 Å². The molecule has 6 nitrogen and oxygen atoms in total. The summed E-state index contributed by atoms with van der Waals surface area (Å²) in [5.41, 5.74) is 2.34. The first-order chi connectivity index (χ1) is 12.3. The van der Waals surface area contributed by atoms with E-state index in [-0.39, 0.29) is 0 Å². The number of rotatable bonds is 5. The van der Waals surface area contributed by atoms with Gasteiger partial charge in [0, 0.05) is 36.4 Å². The Morgan fingerprint density at radius 3 is 3.12 bits per heavy atom. The van der Waals surface area contributed by atoms with Crippen LogP contribution in [0.4, 0.5) is 10.9 Å². The van der Waals surface area contributed by atoms with Gasteiger partial charge in [0.2, 0.25) is 0 Å². The number of hydrogen-bond acceptors (Lipinski definition) is 6. The molecule has 4 rings (SSSR count). The van der Waals surface area contributed by atoms with Gasteiger partial charge in [0.25, 0.3) is 0 Å². The topological polar surface area (TPSA) is 69.7 Å². The quantitative estimate of drug-likeness (QED) is 0.731. The number of imidazole rings is 1. The third-order valence-corrected chi connectivity index (χ3v) is 5.30. The first kappa shape index (κ1) is 16.2. The maximum Gasteiger partial charge on any atom is 0.188 e. The van der Waals surface area contributed by atoms with Crippen LogP contribution in [0.1, 0.15) is 35.8 Å². The van der Waals surface area contributed by atoms with Gasteiger partial charge in [0.1, 0.15) is 11.6 Å². The fourth-order valence-corrected chi connectivity index (χ4v) is 4.02. The molecule has 3 aromatic heterocycles. The summed E-state index contributed by atoms with van der Waals surface area (Å²) >= 11 is 1.65. The Labute approximate surface area is 151 Å². The third kappa shape index (κ3) is 4.05. The monoisotopic (exact) mass is 354 g/mol. The summed E-state index contributed by atoms with van der Waals surface area (Å²) in [5.74, 6) is 2.36. The van der Waals surface area contributed by atoms with Crippen LogP contribution in [0.2, 0.25) is 0 Å². The molecule has 0 aliphatic carbocycles. The van der Waals surface area contributed by atoms with Crippen molar-refractivity contribution in [2.24, 2.45) is 0 Å². The van der Waals surface area contributed by atoms with Gasteiger partial charge < -0.3 is 10.3 Å². The Kier molecular flexibility index (Phi) is 4.76. The van der Waals surface area contributed by atoms with E-state index in [2.05, 4.69) is 36.6 Å². The summed E-state index contributed by atoms with van der Waals surface area (Å²) in [6.45, 7) is 5.08. The van der Waals surface area contributed by atoms with Gasteiger partial charge in [-0.1, -0.05) is 6.07 Å². The smallest absolute Gasteiger partial charge is 0.188 e. The second-order valence-corrected chi connectivity index (χ2v) is 7.39. The molecule has 1 saturated heterocycles. The molecule has 0 radical (unpaired) electrons. The van der Waals surface area contributed by atoms with E-state index < -0.39 is 0 Å². The van der Waals surface area contributed by atoms with E-state index in [1.807, 2.05) is 31.6 Å². The van der Waals surface area contributed by atoms with Gasteiger partial charge in [-0.15, -0.1) is 11.3 Å². The standard InChI is InChI=1S/C18H22N6S/c1-13-4-5-16(21-9-13)23-18-22-15(12-25-18)14-3-2-8-24(10-14)11-17-19-6-7-20-17/h4-7,9,12,14H,2-3,8,10-11H2,1H3,(H,19,20)(H,21,22,23)/t14-/m1/s1. The molecule has 0 unspecified atom stereocenters. The highest BCUT2D eigenvalue weighted by Gasteiger charge is 2.24. The van der Waals surface area contributed by atoms with E-state index in [1.165, 1.54) is 18.5 Å². The molecule has 1 atom stereocenters. The summed E-state index contributed by atoms with van der Waals surface area (Å²) in [4.78, 5) is 19.2. The van der Waals surface area contributed by atoms with Crippen LogP contribution in [0.15, 0.2) is 36.1 Å². The molecule has 0 saturated carbocycles. The maximum absolute atomic E-state index is 4.80. The van der Waals surface area contributed by atoms with Crippen molar-refractivity contribution < 1.29 is 0 Å². The number of nitrogens with one attached hydrogen (secondary N) is 2. The van der Waals surface area contributed by atoms with Crippen molar-refractivity contribution in [3.63, 3.8) is 0 Å². The first-order valence-corrected chi connectivity index (χ1v) is 9.50. The predicted octanol–water partition coefficient (Wildman–Crippen LogP) is 3.69. The van der Waals surface area contributed by atoms with Crippen LogP contribution in [-0.4, -0.2) is 37.9 Å². The number of pyridine rings is 1. The highest BCUT2D eigenvalue weighted by molar-refractivity contribution is 7.13. The Balaban J connectivity index is 1.39. The predicted molar refractivity (Wildman–Crippen MR) is 100 cm³/mol. The molecule has 4 heterocycles. The molecule has 1 aliphatic heterocycles. The number of piperidine rings is 1. The largest absolute Gasteiger partial charge is 0.348 e. The van der Waals surface area contributed by atoms with Crippen LogP contribution in [0.5, 0.6) is 0 Å². The highest BCUT2D eigenvalue weighted by atomic mass is 32.1. The maximum atomic E-state index is 4.80. The number of H-pyrrole nitrogens is 1. The van der Waals surface area contributed by atoms with E-state index in [0.29, 0.717) is 5.92 Å².